The second-order valence-electron chi connectivity index (χ2n) is 5.75. The van der Waals surface area contributed by atoms with Crippen molar-refractivity contribution in [3.05, 3.63) is 35.4 Å². The summed E-state index contributed by atoms with van der Waals surface area (Å²) >= 11 is -1.16. The number of hydrogen-bond donors (Lipinski definition) is 0. The molecule has 3 heteroatoms. The molecule has 0 saturated heterocycles. The molecule has 1 unspecified atom stereocenters. The molecule has 0 N–H and O–H groups in total. The minimum atomic E-state index is -1.16. The van der Waals surface area contributed by atoms with E-state index in [1.54, 1.807) is 6.21 Å². The van der Waals surface area contributed by atoms with Crippen LogP contribution in [-0.4, -0.2) is 15.5 Å². The van der Waals surface area contributed by atoms with Crippen molar-refractivity contribution in [1.29, 1.82) is 0 Å². The first-order valence-corrected chi connectivity index (χ1v) is 7.44. The Balaban J connectivity index is 2.64. The zero-order valence-electron chi connectivity index (χ0n) is 11.9. The van der Waals surface area contributed by atoms with Crippen molar-refractivity contribution in [2.24, 2.45) is 4.40 Å². The van der Waals surface area contributed by atoms with Gasteiger partial charge in [0.15, 0.2) is 0 Å². The summed E-state index contributed by atoms with van der Waals surface area (Å²) in [5, 5.41) is 0. The van der Waals surface area contributed by atoms with Crippen LogP contribution in [0.5, 0.6) is 0 Å². The van der Waals surface area contributed by atoms with Crippen LogP contribution in [0.3, 0.4) is 0 Å². The van der Waals surface area contributed by atoms with Crippen molar-refractivity contribution in [1.82, 2.24) is 0 Å². The molecule has 0 saturated carbocycles. The maximum Gasteiger partial charge on any atom is 0.144 e. The summed E-state index contributed by atoms with van der Waals surface area (Å²) in [4.78, 5) is 0. The second kappa shape index (κ2) is 6.39. The Morgan fingerprint density at radius 3 is 2.56 bits per heavy atom. The van der Waals surface area contributed by atoms with Gasteiger partial charge in [0, 0.05) is 6.42 Å². The van der Waals surface area contributed by atoms with Gasteiger partial charge in [-0.3, -0.25) is 0 Å². The van der Waals surface area contributed by atoms with Crippen LogP contribution in [0.25, 0.3) is 0 Å². The molecule has 0 aromatic heterocycles. The van der Waals surface area contributed by atoms with Crippen LogP contribution in [0.2, 0.25) is 0 Å². The summed E-state index contributed by atoms with van der Waals surface area (Å²) in [6.45, 7) is 10.2. The van der Waals surface area contributed by atoms with Crippen molar-refractivity contribution in [3.63, 3.8) is 0 Å². The zero-order valence-corrected chi connectivity index (χ0v) is 12.8. The molecule has 0 fully saturated rings. The van der Waals surface area contributed by atoms with Crippen LogP contribution in [-0.2, 0) is 17.8 Å². The molecule has 0 spiro atoms. The molecule has 18 heavy (non-hydrogen) atoms. The molecule has 100 valence electrons. The summed E-state index contributed by atoms with van der Waals surface area (Å²) < 4.78 is 15.6. The highest BCUT2D eigenvalue weighted by Crippen LogP contribution is 2.17. The Morgan fingerprint density at radius 1 is 1.33 bits per heavy atom. The van der Waals surface area contributed by atoms with E-state index in [1.165, 1.54) is 11.1 Å². The standard InChI is InChI=1S/C15H23NOS/c1-12(2)14-8-6-7-13(11-14)9-10-16-18(17)15(3,4)5/h6-8,10-12H,9H2,1-5H3/b16-10+. The average molecular weight is 265 g/mol. The van der Waals surface area contributed by atoms with E-state index in [4.69, 9.17) is 0 Å². The van der Waals surface area contributed by atoms with E-state index in [1.807, 2.05) is 20.8 Å². The van der Waals surface area contributed by atoms with Crippen molar-refractivity contribution < 1.29 is 4.55 Å². The number of hydrogen-bond acceptors (Lipinski definition) is 2. The van der Waals surface area contributed by atoms with Gasteiger partial charge in [-0.1, -0.05) is 42.5 Å². The highest BCUT2D eigenvalue weighted by atomic mass is 32.2. The lowest BCUT2D eigenvalue weighted by Crippen LogP contribution is -2.25. The topological polar surface area (TPSA) is 35.4 Å². The van der Waals surface area contributed by atoms with Gasteiger partial charge in [0.2, 0.25) is 0 Å². The summed E-state index contributed by atoms with van der Waals surface area (Å²) in [7, 11) is 0. The molecule has 0 bridgehead atoms. The van der Waals surface area contributed by atoms with Crippen LogP contribution >= 0.6 is 0 Å². The van der Waals surface area contributed by atoms with Crippen LogP contribution < -0.4 is 0 Å². The van der Waals surface area contributed by atoms with E-state index < -0.39 is 11.4 Å². The summed E-state index contributed by atoms with van der Waals surface area (Å²) in [5.41, 5.74) is 2.55. The molecule has 1 atom stereocenters. The average Bonchev–Trinajstić information content (AvgIpc) is 2.28. The minimum absolute atomic E-state index is 0.281. The van der Waals surface area contributed by atoms with Gasteiger partial charge in [0.05, 0.1) is 6.21 Å². The van der Waals surface area contributed by atoms with Gasteiger partial charge in [0.1, 0.15) is 16.1 Å². The van der Waals surface area contributed by atoms with Gasteiger partial charge >= 0.3 is 0 Å². The summed E-state index contributed by atoms with van der Waals surface area (Å²) in [6, 6.07) is 8.48. The molecule has 0 amide bonds. The third kappa shape index (κ3) is 4.83. The van der Waals surface area contributed by atoms with E-state index >= 15 is 0 Å². The molecule has 0 aliphatic carbocycles. The molecular formula is C15H23NOS. The van der Waals surface area contributed by atoms with Gasteiger partial charge in [-0.15, -0.1) is 0 Å². The smallest absolute Gasteiger partial charge is 0.144 e. The predicted octanol–water partition coefficient (Wildman–Crippen LogP) is 3.89. The molecule has 0 radical (unpaired) electrons. The molecular weight excluding hydrogens is 242 g/mol. The monoisotopic (exact) mass is 265 g/mol. The third-order valence-electron chi connectivity index (χ3n) is 2.64. The number of benzene rings is 1. The molecule has 1 rings (SSSR count). The lowest BCUT2D eigenvalue weighted by molar-refractivity contribution is 0.561. The van der Waals surface area contributed by atoms with Gasteiger partial charge in [-0.2, -0.15) is 0 Å². The van der Waals surface area contributed by atoms with Gasteiger partial charge in [-0.25, -0.2) is 0 Å². The summed E-state index contributed by atoms with van der Waals surface area (Å²) in [6.07, 6.45) is 2.50. The van der Waals surface area contributed by atoms with Crippen molar-refractivity contribution >= 4 is 17.6 Å². The van der Waals surface area contributed by atoms with E-state index in [0.29, 0.717) is 5.92 Å². The fraction of sp³-hybridized carbons (Fsp3) is 0.533. The molecule has 0 aliphatic heterocycles. The van der Waals surface area contributed by atoms with Gasteiger partial charge in [0.25, 0.3) is 0 Å². The zero-order chi connectivity index (χ0) is 13.8. The number of nitrogens with zero attached hydrogens (tertiary/aromatic N) is 1. The second-order valence-corrected chi connectivity index (χ2v) is 7.69. The molecule has 0 aliphatic rings. The van der Waals surface area contributed by atoms with Crippen molar-refractivity contribution in [3.8, 4) is 0 Å². The molecule has 2 nitrogen and oxygen atoms in total. The van der Waals surface area contributed by atoms with Gasteiger partial charge < -0.3 is 4.55 Å². The van der Waals surface area contributed by atoms with E-state index in [9.17, 15) is 4.55 Å². The Bertz CT molecular complexity index is 407. The number of rotatable bonds is 4. The Hall–Kier alpha value is -0.800. The fourth-order valence-corrected chi connectivity index (χ4v) is 1.97. The first-order chi connectivity index (χ1) is 8.30. The maximum atomic E-state index is 11.7. The van der Waals surface area contributed by atoms with E-state index in [0.717, 1.165) is 6.42 Å². The first kappa shape index (κ1) is 15.3. The minimum Gasteiger partial charge on any atom is -0.591 e. The quantitative estimate of drug-likeness (QED) is 0.601. The van der Waals surface area contributed by atoms with Gasteiger partial charge in [-0.05, 0) is 37.8 Å². The van der Waals surface area contributed by atoms with Crippen LogP contribution in [0.4, 0.5) is 0 Å². The van der Waals surface area contributed by atoms with E-state index in [-0.39, 0.29) is 4.75 Å². The molecule has 1 aromatic carbocycles. The third-order valence-corrected chi connectivity index (χ3v) is 4.03. The Kier molecular flexibility index (Phi) is 5.42. The Morgan fingerprint density at radius 2 is 2.00 bits per heavy atom. The highest BCUT2D eigenvalue weighted by Gasteiger charge is 2.25. The Labute approximate surface area is 114 Å². The molecule has 1 aromatic rings. The normalized spacial score (nSPS) is 14.4. The SMILES string of the molecule is CC(C)c1cccc(C/C=N/[S+]([O-])C(C)(C)C)c1. The predicted molar refractivity (Wildman–Crippen MR) is 80.6 cm³/mol. The lowest BCUT2D eigenvalue weighted by atomic mass is 10.00. The maximum absolute atomic E-state index is 11.7. The fourth-order valence-electron chi connectivity index (χ4n) is 1.45. The van der Waals surface area contributed by atoms with Crippen molar-refractivity contribution in [2.45, 2.75) is 51.7 Å². The molecule has 0 heterocycles. The lowest BCUT2D eigenvalue weighted by Gasteiger charge is -2.17. The van der Waals surface area contributed by atoms with Crippen molar-refractivity contribution in [2.75, 3.05) is 0 Å². The van der Waals surface area contributed by atoms with Crippen LogP contribution in [0.15, 0.2) is 28.7 Å². The first-order valence-electron chi connectivity index (χ1n) is 6.34. The highest BCUT2D eigenvalue weighted by molar-refractivity contribution is 7.91. The van der Waals surface area contributed by atoms with Crippen LogP contribution in [0.1, 0.15) is 51.7 Å². The largest absolute Gasteiger partial charge is 0.591 e. The van der Waals surface area contributed by atoms with Crippen LogP contribution in [0, 0.1) is 0 Å². The summed E-state index contributed by atoms with van der Waals surface area (Å²) in [5.74, 6) is 0.533. The van der Waals surface area contributed by atoms with E-state index in [2.05, 4.69) is 42.5 Å².